The minimum atomic E-state index is -0.116. The van der Waals surface area contributed by atoms with Crippen molar-refractivity contribution >= 4 is 17.6 Å². The molecule has 1 saturated carbocycles. The molecule has 7 heteroatoms. The van der Waals surface area contributed by atoms with Crippen LogP contribution in [0, 0.1) is 0 Å². The van der Waals surface area contributed by atoms with Crippen molar-refractivity contribution in [3.05, 3.63) is 17.8 Å². The van der Waals surface area contributed by atoms with Gasteiger partial charge in [-0.05, 0) is 25.0 Å². The van der Waals surface area contributed by atoms with E-state index in [1.807, 2.05) is 6.07 Å². The summed E-state index contributed by atoms with van der Waals surface area (Å²) in [6.07, 6.45) is 6.17. The number of carbonyl (C=O) groups is 2. The molecule has 1 aromatic rings. The van der Waals surface area contributed by atoms with Gasteiger partial charge in [-0.25, -0.2) is 0 Å². The van der Waals surface area contributed by atoms with E-state index in [-0.39, 0.29) is 11.8 Å². The fourth-order valence-electron chi connectivity index (χ4n) is 3.37. The normalized spacial score (nSPS) is 19.2. The summed E-state index contributed by atoms with van der Waals surface area (Å²) in [7, 11) is 0. The third-order valence-corrected chi connectivity index (χ3v) is 4.85. The third-order valence-electron chi connectivity index (χ3n) is 4.85. The lowest BCUT2D eigenvalue weighted by atomic mass is 9.95. The largest absolute Gasteiger partial charge is 0.366 e. The Balaban J connectivity index is 1.55. The molecular weight excluding hydrogens is 306 g/mol. The average molecular weight is 331 g/mol. The first-order chi connectivity index (χ1) is 11.6. The molecule has 0 bridgehead atoms. The standard InChI is InChI=1S/C17H25N5O2/c1-13(23)21-9-11-22(12-10-21)17(24)15-7-8-16(20-19-15)18-14-5-3-2-4-6-14/h7-8,14H,2-6,9-12H2,1H3,(H,18,20). The lowest BCUT2D eigenvalue weighted by Gasteiger charge is -2.33. The average Bonchev–Trinajstić information content (AvgIpc) is 2.63. The molecule has 24 heavy (non-hydrogen) atoms. The molecule has 2 amide bonds. The molecule has 2 heterocycles. The molecule has 3 rings (SSSR count). The van der Waals surface area contributed by atoms with Gasteiger partial charge >= 0.3 is 0 Å². The van der Waals surface area contributed by atoms with Crippen LogP contribution in [-0.4, -0.2) is 64.0 Å². The molecule has 7 nitrogen and oxygen atoms in total. The van der Waals surface area contributed by atoms with Gasteiger partial charge in [0.2, 0.25) is 5.91 Å². The van der Waals surface area contributed by atoms with Crippen molar-refractivity contribution in [1.29, 1.82) is 0 Å². The van der Waals surface area contributed by atoms with Crippen LogP contribution in [0.5, 0.6) is 0 Å². The summed E-state index contributed by atoms with van der Waals surface area (Å²) >= 11 is 0. The van der Waals surface area contributed by atoms with Gasteiger partial charge in [0, 0.05) is 39.1 Å². The number of nitrogens with one attached hydrogen (secondary N) is 1. The number of anilines is 1. The Kier molecular flexibility index (Phi) is 5.27. The highest BCUT2D eigenvalue weighted by Crippen LogP contribution is 2.20. The molecule has 2 fully saturated rings. The van der Waals surface area contributed by atoms with Crippen LogP contribution < -0.4 is 5.32 Å². The van der Waals surface area contributed by atoms with Gasteiger partial charge in [0.1, 0.15) is 5.82 Å². The summed E-state index contributed by atoms with van der Waals surface area (Å²) in [4.78, 5) is 27.3. The van der Waals surface area contributed by atoms with Crippen LogP contribution in [0.2, 0.25) is 0 Å². The van der Waals surface area contributed by atoms with Crippen molar-refractivity contribution < 1.29 is 9.59 Å². The Morgan fingerprint density at radius 1 is 1.00 bits per heavy atom. The number of carbonyl (C=O) groups excluding carboxylic acids is 2. The minimum Gasteiger partial charge on any atom is -0.366 e. The second-order valence-electron chi connectivity index (χ2n) is 6.58. The van der Waals surface area contributed by atoms with Crippen LogP contribution in [0.15, 0.2) is 12.1 Å². The molecule has 1 aromatic heterocycles. The second kappa shape index (κ2) is 7.59. The summed E-state index contributed by atoms with van der Waals surface area (Å²) in [5.41, 5.74) is 0.362. The molecule has 0 aromatic carbocycles. The first kappa shape index (κ1) is 16.7. The van der Waals surface area contributed by atoms with Crippen LogP contribution in [-0.2, 0) is 4.79 Å². The minimum absolute atomic E-state index is 0.0556. The van der Waals surface area contributed by atoms with Gasteiger partial charge < -0.3 is 15.1 Å². The van der Waals surface area contributed by atoms with Crippen molar-refractivity contribution in [2.24, 2.45) is 0 Å². The van der Waals surface area contributed by atoms with Crippen molar-refractivity contribution in [2.45, 2.75) is 45.1 Å². The fraction of sp³-hybridized carbons (Fsp3) is 0.647. The van der Waals surface area contributed by atoms with Gasteiger partial charge in [0.15, 0.2) is 5.69 Å². The summed E-state index contributed by atoms with van der Waals surface area (Å²) < 4.78 is 0. The van der Waals surface area contributed by atoms with Crippen molar-refractivity contribution in [3.63, 3.8) is 0 Å². The third kappa shape index (κ3) is 4.01. The van der Waals surface area contributed by atoms with E-state index in [2.05, 4.69) is 15.5 Å². The number of rotatable bonds is 3. The SMILES string of the molecule is CC(=O)N1CCN(C(=O)c2ccc(NC3CCCCC3)nn2)CC1. The highest BCUT2D eigenvalue weighted by atomic mass is 16.2. The monoisotopic (exact) mass is 331 g/mol. The maximum atomic E-state index is 12.5. The van der Waals surface area contributed by atoms with Crippen LogP contribution in [0.25, 0.3) is 0 Å². The predicted molar refractivity (Wildman–Crippen MR) is 90.7 cm³/mol. The molecule has 0 unspecified atom stereocenters. The number of amides is 2. The maximum Gasteiger partial charge on any atom is 0.274 e. The quantitative estimate of drug-likeness (QED) is 0.909. The molecule has 1 saturated heterocycles. The van der Waals surface area contributed by atoms with E-state index in [1.54, 1.807) is 22.8 Å². The van der Waals surface area contributed by atoms with Gasteiger partial charge in [-0.2, -0.15) is 0 Å². The van der Waals surface area contributed by atoms with Crippen molar-refractivity contribution in [2.75, 3.05) is 31.5 Å². The zero-order chi connectivity index (χ0) is 16.9. The Labute approximate surface area is 142 Å². The van der Waals surface area contributed by atoms with Gasteiger partial charge in [-0.1, -0.05) is 19.3 Å². The van der Waals surface area contributed by atoms with E-state index < -0.39 is 0 Å². The van der Waals surface area contributed by atoms with Crippen LogP contribution in [0.3, 0.4) is 0 Å². The number of nitrogens with zero attached hydrogens (tertiary/aromatic N) is 4. The number of piperazine rings is 1. The highest BCUT2D eigenvalue weighted by molar-refractivity contribution is 5.92. The lowest BCUT2D eigenvalue weighted by Crippen LogP contribution is -2.50. The molecule has 0 radical (unpaired) electrons. The Morgan fingerprint density at radius 3 is 2.25 bits per heavy atom. The lowest BCUT2D eigenvalue weighted by molar-refractivity contribution is -0.130. The smallest absolute Gasteiger partial charge is 0.274 e. The van der Waals surface area contributed by atoms with Gasteiger partial charge in [-0.15, -0.1) is 10.2 Å². The zero-order valence-corrected chi connectivity index (χ0v) is 14.2. The molecule has 1 aliphatic heterocycles. The van der Waals surface area contributed by atoms with Crippen LogP contribution in [0.4, 0.5) is 5.82 Å². The Bertz CT molecular complexity index is 575. The highest BCUT2D eigenvalue weighted by Gasteiger charge is 2.24. The summed E-state index contributed by atoms with van der Waals surface area (Å²) in [6.45, 7) is 3.80. The summed E-state index contributed by atoms with van der Waals surface area (Å²) in [5, 5.41) is 11.7. The van der Waals surface area contributed by atoms with Crippen molar-refractivity contribution in [3.8, 4) is 0 Å². The summed E-state index contributed by atoms with van der Waals surface area (Å²) in [5.74, 6) is 0.676. The van der Waals surface area contributed by atoms with Crippen molar-refractivity contribution in [1.82, 2.24) is 20.0 Å². The molecule has 1 N–H and O–H groups in total. The van der Waals surface area contributed by atoms with Crippen LogP contribution >= 0.6 is 0 Å². The van der Waals surface area contributed by atoms with Gasteiger partial charge in [0.05, 0.1) is 0 Å². The first-order valence-electron chi connectivity index (χ1n) is 8.78. The van der Waals surface area contributed by atoms with E-state index in [9.17, 15) is 9.59 Å². The maximum absolute atomic E-state index is 12.5. The van der Waals surface area contributed by atoms with E-state index in [1.165, 1.54) is 32.1 Å². The second-order valence-corrected chi connectivity index (χ2v) is 6.58. The van der Waals surface area contributed by atoms with Crippen LogP contribution in [0.1, 0.15) is 49.5 Å². The molecule has 0 spiro atoms. The number of hydrogen-bond donors (Lipinski definition) is 1. The molecule has 1 aliphatic carbocycles. The van der Waals surface area contributed by atoms with E-state index >= 15 is 0 Å². The summed E-state index contributed by atoms with van der Waals surface area (Å²) in [6, 6.07) is 4.03. The first-order valence-corrected chi connectivity index (χ1v) is 8.78. The topological polar surface area (TPSA) is 78.4 Å². The van der Waals surface area contributed by atoms with E-state index in [0.29, 0.717) is 37.9 Å². The van der Waals surface area contributed by atoms with Gasteiger partial charge in [0.25, 0.3) is 5.91 Å². The van der Waals surface area contributed by atoms with E-state index in [4.69, 9.17) is 0 Å². The molecule has 2 aliphatic rings. The predicted octanol–water partition coefficient (Wildman–Crippen LogP) is 1.53. The molecule has 0 atom stereocenters. The zero-order valence-electron chi connectivity index (χ0n) is 14.2. The number of hydrogen-bond acceptors (Lipinski definition) is 5. The molecular formula is C17H25N5O2. The van der Waals surface area contributed by atoms with Gasteiger partial charge in [-0.3, -0.25) is 9.59 Å². The Hall–Kier alpha value is -2.18. The van der Waals surface area contributed by atoms with E-state index in [0.717, 1.165) is 5.82 Å². The number of aromatic nitrogens is 2. The Morgan fingerprint density at radius 2 is 1.67 bits per heavy atom. The fourth-order valence-corrected chi connectivity index (χ4v) is 3.37. The molecule has 130 valence electrons.